The number of aliphatic hydroxyl groups excluding tert-OH is 1. The normalized spacial score (nSPS) is 20.5. The summed E-state index contributed by atoms with van der Waals surface area (Å²) in [7, 11) is 2.11. The molecule has 0 radical (unpaired) electrons. The smallest absolute Gasteiger partial charge is 0.272 e. The number of carbonyl (C=O) groups excluding carboxylic acids is 1. The van der Waals surface area contributed by atoms with Gasteiger partial charge in [0.15, 0.2) is 6.29 Å². The van der Waals surface area contributed by atoms with Gasteiger partial charge in [0.2, 0.25) is 0 Å². The fourth-order valence-electron chi connectivity index (χ4n) is 4.57. The molecule has 39 heavy (non-hydrogen) atoms. The number of halogens is 3. The maximum absolute atomic E-state index is 11.9. The van der Waals surface area contributed by atoms with E-state index >= 15 is 0 Å². The lowest BCUT2D eigenvalue weighted by atomic mass is 9.99. The molecule has 1 saturated heterocycles. The van der Waals surface area contributed by atoms with Crippen LogP contribution in [-0.4, -0.2) is 39.4 Å². The molecule has 0 bridgehead atoms. The highest BCUT2D eigenvalue weighted by Crippen LogP contribution is 2.38. The molecular formula is C30H33Cl3N2O4. The van der Waals surface area contributed by atoms with Gasteiger partial charge in [-0.15, -0.1) is 0 Å². The van der Waals surface area contributed by atoms with Crippen LogP contribution in [0.4, 0.5) is 0 Å². The van der Waals surface area contributed by atoms with Gasteiger partial charge < -0.3 is 19.9 Å². The molecule has 3 aromatic carbocycles. The lowest BCUT2D eigenvalue weighted by Gasteiger charge is -2.39. The second-order valence-electron chi connectivity index (χ2n) is 9.80. The van der Waals surface area contributed by atoms with Gasteiger partial charge in [-0.3, -0.25) is 9.69 Å². The maximum Gasteiger partial charge on any atom is 0.272 e. The van der Waals surface area contributed by atoms with Gasteiger partial charge in [-0.25, -0.2) is 0 Å². The summed E-state index contributed by atoms with van der Waals surface area (Å²) < 4.78 is 10.9. The number of amides is 1. The summed E-state index contributed by atoms with van der Waals surface area (Å²) in [5, 5.41) is 12.1. The number of aliphatic hydroxyl groups is 1. The summed E-state index contributed by atoms with van der Waals surface area (Å²) >= 11 is 16.9. The lowest BCUT2D eigenvalue weighted by Crippen LogP contribution is -2.38. The van der Waals surface area contributed by atoms with E-state index in [4.69, 9.17) is 44.3 Å². The Hall–Kier alpha value is -2.16. The number of likely N-dealkylation sites (N-methyl/N-ethyl adjacent to an activating group) is 1. The van der Waals surface area contributed by atoms with E-state index in [0.717, 1.165) is 28.8 Å². The van der Waals surface area contributed by atoms with Gasteiger partial charge in [-0.05, 0) is 36.2 Å². The Morgan fingerprint density at radius 2 is 1.59 bits per heavy atom. The first-order valence-corrected chi connectivity index (χ1v) is 14.0. The van der Waals surface area contributed by atoms with Crippen molar-refractivity contribution < 1.29 is 19.4 Å². The first-order valence-electron chi connectivity index (χ1n) is 12.8. The molecule has 0 spiro atoms. The Morgan fingerprint density at radius 1 is 0.974 bits per heavy atom. The van der Waals surface area contributed by atoms with E-state index in [9.17, 15) is 9.90 Å². The molecule has 1 fully saturated rings. The summed E-state index contributed by atoms with van der Waals surface area (Å²) in [6.07, 6.45) is -0.130. The number of hydrogen-bond acceptors (Lipinski definition) is 5. The molecule has 1 amide bonds. The van der Waals surface area contributed by atoms with Gasteiger partial charge in [-0.1, -0.05) is 114 Å². The van der Waals surface area contributed by atoms with E-state index in [1.54, 1.807) is 0 Å². The molecule has 9 heteroatoms. The largest absolute Gasteiger partial charge is 0.392 e. The first kappa shape index (κ1) is 29.8. The van der Waals surface area contributed by atoms with Crippen LogP contribution in [0.1, 0.15) is 59.6 Å². The van der Waals surface area contributed by atoms with E-state index < -0.39 is 16.0 Å². The first-order chi connectivity index (χ1) is 18.6. The van der Waals surface area contributed by atoms with E-state index in [1.807, 2.05) is 54.6 Å². The van der Waals surface area contributed by atoms with Gasteiger partial charge in [0, 0.05) is 31.1 Å². The predicted molar refractivity (Wildman–Crippen MR) is 154 cm³/mol. The van der Waals surface area contributed by atoms with Crippen molar-refractivity contribution in [3.8, 4) is 0 Å². The van der Waals surface area contributed by atoms with Crippen molar-refractivity contribution in [2.75, 3.05) is 13.6 Å². The van der Waals surface area contributed by atoms with E-state index in [1.165, 1.54) is 5.56 Å². The number of nitrogens with one attached hydrogen (secondary N) is 1. The molecule has 0 aromatic heterocycles. The minimum absolute atomic E-state index is 0.00318. The zero-order valence-electron chi connectivity index (χ0n) is 21.9. The van der Waals surface area contributed by atoms with Crippen molar-refractivity contribution in [3.63, 3.8) is 0 Å². The van der Waals surface area contributed by atoms with E-state index in [2.05, 4.69) is 48.5 Å². The highest BCUT2D eigenvalue weighted by molar-refractivity contribution is 6.76. The van der Waals surface area contributed by atoms with Gasteiger partial charge in [0.25, 0.3) is 9.70 Å². The average molecular weight is 592 g/mol. The lowest BCUT2D eigenvalue weighted by molar-refractivity contribution is -0.253. The SMILES string of the molecule is C[C@@H](c1ccccc1)N(C)C[C@@H]1C[C@H](c2ccc(CO)cc2)O[C@H](c2ccc(CNC(=O)C(Cl)(Cl)Cl)cc2)O1. The zero-order valence-corrected chi connectivity index (χ0v) is 24.2. The number of rotatable bonds is 9. The third kappa shape index (κ3) is 8.18. The molecule has 0 aliphatic carbocycles. The maximum atomic E-state index is 11.9. The van der Waals surface area contributed by atoms with Crippen molar-refractivity contribution in [2.45, 2.75) is 54.8 Å². The monoisotopic (exact) mass is 590 g/mol. The molecule has 6 nitrogen and oxygen atoms in total. The fraction of sp³-hybridized carbons (Fsp3) is 0.367. The summed E-state index contributed by atoms with van der Waals surface area (Å²) in [4.78, 5) is 14.2. The number of hydrogen-bond donors (Lipinski definition) is 2. The molecular weight excluding hydrogens is 559 g/mol. The summed E-state index contributed by atoms with van der Waals surface area (Å²) in [5.74, 6) is -0.678. The van der Waals surface area contributed by atoms with Gasteiger partial charge >= 0.3 is 0 Å². The molecule has 1 heterocycles. The highest BCUT2D eigenvalue weighted by Gasteiger charge is 2.34. The standard InChI is InChI=1S/C30H33Cl3N2O4/c1-20(23-6-4-3-5-7-23)35(2)18-26-16-27(24-12-10-22(19-36)11-13-24)39-28(38-26)25-14-8-21(9-15-25)17-34-29(37)30(31,32)33/h3-15,20,26-28,36H,16-19H2,1-2H3,(H,34,37)/t20-,26-,27+,28+/m0/s1. The van der Waals surface area contributed by atoms with Crippen LogP contribution in [0.15, 0.2) is 78.9 Å². The number of carbonyl (C=O) groups is 1. The van der Waals surface area contributed by atoms with E-state index in [-0.39, 0.29) is 31.4 Å². The van der Waals surface area contributed by atoms with E-state index in [0.29, 0.717) is 6.42 Å². The Balaban J connectivity index is 1.49. The Labute approximate surface area is 244 Å². The summed E-state index contributed by atoms with van der Waals surface area (Å²) in [6, 6.07) is 26.1. The molecule has 4 rings (SSSR count). The van der Waals surface area contributed by atoms with Crippen molar-refractivity contribution in [1.82, 2.24) is 10.2 Å². The van der Waals surface area contributed by atoms with Crippen LogP contribution in [0.5, 0.6) is 0 Å². The van der Waals surface area contributed by atoms with Crippen LogP contribution >= 0.6 is 34.8 Å². The number of nitrogens with zero attached hydrogens (tertiary/aromatic N) is 1. The molecule has 1 aliphatic rings. The minimum Gasteiger partial charge on any atom is -0.392 e. The van der Waals surface area contributed by atoms with Gasteiger partial charge in [0.1, 0.15) is 0 Å². The molecule has 208 valence electrons. The summed E-state index contributed by atoms with van der Waals surface area (Å²) in [5.41, 5.74) is 4.85. The quantitative estimate of drug-likeness (QED) is 0.282. The van der Waals surface area contributed by atoms with Crippen LogP contribution in [0, 0.1) is 0 Å². The average Bonchev–Trinajstić information content (AvgIpc) is 2.95. The number of ether oxygens (including phenoxy) is 2. The summed E-state index contributed by atoms with van der Waals surface area (Å²) in [6.45, 7) is 3.14. The van der Waals surface area contributed by atoms with Crippen molar-refractivity contribution >= 4 is 40.7 Å². The zero-order chi connectivity index (χ0) is 28.0. The Morgan fingerprint density at radius 3 is 2.21 bits per heavy atom. The predicted octanol–water partition coefficient (Wildman–Crippen LogP) is 6.40. The number of alkyl halides is 3. The highest BCUT2D eigenvalue weighted by atomic mass is 35.6. The molecule has 1 aliphatic heterocycles. The number of benzene rings is 3. The second-order valence-corrected chi connectivity index (χ2v) is 12.1. The van der Waals surface area contributed by atoms with Crippen LogP contribution in [0.3, 0.4) is 0 Å². The van der Waals surface area contributed by atoms with Crippen molar-refractivity contribution in [1.29, 1.82) is 0 Å². The minimum atomic E-state index is -2.01. The van der Waals surface area contributed by atoms with Crippen molar-refractivity contribution in [3.05, 3.63) is 107 Å². The second kappa shape index (κ2) is 13.5. The molecule has 2 N–H and O–H groups in total. The van der Waals surface area contributed by atoms with Crippen LogP contribution in [0.25, 0.3) is 0 Å². The third-order valence-electron chi connectivity index (χ3n) is 7.01. The topological polar surface area (TPSA) is 71.0 Å². The molecule has 0 unspecified atom stereocenters. The Bertz CT molecular complexity index is 1200. The molecule has 4 atom stereocenters. The van der Waals surface area contributed by atoms with Crippen LogP contribution < -0.4 is 5.32 Å². The van der Waals surface area contributed by atoms with Gasteiger partial charge in [-0.2, -0.15) is 0 Å². The third-order valence-corrected chi connectivity index (χ3v) is 7.53. The van der Waals surface area contributed by atoms with Crippen LogP contribution in [0.2, 0.25) is 0 Å². The molecule has 0 saturated carbocycles. The van der Waals surface area contributed by atoms with Crippen LogP contribution in [-0.2, 0) is 27.4 Å². The fourth-order valence-corrected chi connectivity index (χ4v) is 4.77. The Kier molecular flexibility index (Phi) is 10.3. The van der Waals surface area contributed by atoms with Gasteiger partial charge in [0.05, 0.1) is 18.8 Å². The van der Waals surface area contributed by atoms with Crippen molar-refractivity contribution in [2.24, 2.45) is 0 Å². The molecule has 3 aromatic rings.